The molecule has 0 fully saturated rings. The number of aliphatic hydroxyl groups excluding tert-OH is 1. The molecular formula is C13H16N2O5. The molecule has 2 N–H and O–H groups in total. The molecule has 0 bridgehead atoms. The van der Waals surface area contributed by atoms with E-state index in [1.165, 1.54) is 0 Å². The smallest absolute Gasteiger partial charge is 0.407 e. The van der Waals surface area contributed by atoms with E-state index >= 15 is 0 Å². The Kier molecular flexibility index (Phi) is 3.89. The number of hydrogen-bond acceptors (Lipinski definition) is 4. The van der Waals surface area contributed by atoms with E-state index in [2.05, 4.69) is 0 Å². The van der Waals surface area contributed by atoms with Gasteiger partial charge in [0.2, 0.25) is 6.54 Å². The maximum absolute atomic E-state index is 11.3. The highest BCUT2D eigenvalue weighted by Gasteiger charge is 2.36. The van der Waals surface area contributed by atoms with Crippen molar-refractivity contribution in [2.45, 2.75) is 32.0 Å². The van der Waals surface area contributed by atoms with Gasteiger partial charge in [0.1, 0.15) is 6.10 Å². The summed E-state index contributed by atoms with van der Waals surface area (Å²) in [5, 5.41) is 29.6. The van der Waals surface area contributed by atoms with E-state index in [0.29, 0.717) is 6.42 Å². The fourth-order valence-electron chi connectivity index (χ4n) is 2.56. The molecular weight excluding hydrogens is 264 g/mol. The summed E-state index contributed by atoms with van der Waals surface area (Å²) in [5.74, 6) is 0. The summed E-state index contributed by atoms with van der Waals surface area (Å²) in [6, 6.07) is 4.90. The van der Waals surface area contributed by atoms with Crippen LogP contribution in [0.1, 0.15) is 16.7 Å². The molecule has 0 aliphatic carbocycles. The number of rotatable bonds is 3. The maximum Gasteiger partial charge on any atom is 0.407 e. The number of nitro groups is 1. The second-order valence-electron chi connectivity index (χ2n) is 5.04. The first-order valence-electron chi connectivity index (χ1n) is 6.26. The summed E-state index contributed by atoms with van der Waals surface area (Å²) in [6.45, 7) is 1.41. The zero-order chi connectivity index (χ0) is 14.9. The normalized spacial score (nSPS) is 19.3. The van der Waals surface area contributed by atoms with E-state index in [1.54, 1.807) is 0 Å². The average Bonchev–Trinajstić information content (AvgIpc) is 2.36. The van der Waals surface area contributed by atoms with Crippen LogP contribution in [0.3, 0.4) is 0 Å². The van der Waals surface area contributed by atoms with E-state index in [0.717, 1.165) is 21.6 Å². The van der Waals surface area contributed by atoms with Crippen LogP contribution in [0.4, 0.5) is 4.79 Å². The maximum atomic E-state index is 11.3. The second kappa shape index (κ2) is 5.46. The molecule has 7 nitrogen and oxygen atoms in total. The van der Waals surface area contributed by atoms with Crippen molar-refractivity contribution in [2.75, 3.05) is 6.54 Å². The van der Waals surface area contributed by atoms with E-state index in [-0.39, 0.29) is 6.54 Å². The third-order valence-corrected chi connectivity index (χ3v) is 3.56. The van der Waals surface area contributed by atoms with Gasteiger partial charge in [-0.1, -0.05) is 23.8 Å². The Morgan fingerprint density at radius 1 is 1.55 bits per heavy atom. The topological polar surface area (TPSA) is 104 Å². The molecule has 1 aliphatic rings. The molecule has 0 spiro atoms. The number of fused-ring (bicyclic) bond motifs is 1. The van der Waals surface area contributed by atoms with Crippen LogP contribution in [0.5, 0.6) is 0 Å². The van der Waals surface area contributed by atoms with Crippen molar-refractivity contribution >= 4 is 6.09 Å². The Bertz CT molecular complexity index is 546. The average molecular weight is 280 g/mol. The second-order valence-corrected chi connectivity index (χ2v) is 5.04. The van der Waals surface area contributed by atoms with Gasteiger partial charge in [0, 0.05) is 11.5 Å². The summed E-state index contributed by atoms with van der Waals surface area (Å²) in [7, 11) is 0. The van der Waals surface area contributed by atoms with Crippen molar-refractivity contribution in [1.82, 2.24) is 4.90 Å². The van der Waals surface area contributed by atoms with Crippen molar-refractivity contribution in [2.24, 2.45) is 0 Å². The number of nitrogens with zero attached hydrogens (tertiary/aromatic N) is 2. The van der Waals surface area contributed by atoms with Gasteiger partial charge in [-0.25, -0.2) is 4.79 Å². The largest absolute Gasteiger partial charge is 0.465 e. The molecule has 1 aliphatic heterocycles. The molecule has 0 aromatic heterocycles. The Morgan fingerprint density at radius 3 is 2.85 bits per heavy atom. The first kappa shape index (κ1) is 14.3. The Morgan fingerprint density at radius 2 is 2.25 bits per heavy atom. The van der Waals surface area contributed by atoms with E-state index < -0.39 is 29.7 Å². The lowest BCUT2D eigenvalue weighted by Crippen LogP contribution is -2.51. The summed E-state index contributed by atoms with van der Waals surface area (Å²) in [6.07, 6.45) is -2.20. The zero-order valence-corrected chi connectivity index (χ0v) is 11.0. The van der Waals surface area contributed by atoms with Crippen molar-refractivity contribution in [1.29, 1.82) is 0 Å². The molecule has 2 atom stereocenters. The third kappa shape index (κ3) is 2.88. The number of amides is 1. The lowest BCUT2D eigenvalue weighted by molar-refractivity contribution is -0.491. The van der Waals surface area contributed by atoms with Crippen LogP contribution >= 0.6 is 0 Å². The fourth-order valence-corrected chi connectivity index (χ4v) is 2.56. The number of aliphatic hydroxyl groups is 1. The van der Waals surface area contributed by atoms with Crippen LogP contribution in [0.2, 0.25) is 0 Å². The van der Waals surface area contributed by atoms with Gasteiger partial charge in [0.15, 0.2) is 0 Å². The zero-order valence-electron chi connectivity index (χ0n) is 11.0. The molecule has 0 saturated carbocycles. The predicted octanol–water partition coefficient (Wildman–Crippen LogP) is 1.04. The Hall–Kier alpha value is -2.15. The lowest BCUT2D eigenvalue weighted by atomic mass is 9.90. The van der Waals surface area contributed by atoms with Crippen molar-refractivity contribution in [3.8, 4) is 0 Å². The van der Waals surface area contributed by atoms with Crippen LogP contribution in [0.15, 0.2) is 18.2 Å². The van der Waals surface area contributed by atoms with Crippen LogP contribution in [-0.4, -0.2) is 44.8 Å². The van der Waals surface area contributed by atoms with Gasteiger partial charge < -0.3 is 10.2 Å². The van der Waals surface area contributed by atoms with Gasteiger partial charge in [0.05, 0.1) is 6.04 Å². The number of carbonyl (C=O) groups is 1. The summed E-state index contributed by atoms with van der Waals surface area (Å²) in [5.41, 5.74) is 2.85. The quantitative estimate of drug-likeness (QED) is 0.636. The van der Waals surface area contributed by atoms with Crippen LogP contribution < -0.4 is 0 Å². The predicted molar refractivity (Wildman–Crippen MR) is 70.1 cm³/mol. The van der Waals surface area contributed by atoms with Crippen molar-refractivity contribution < 1.29 is 19.9 Å². The Balaban J connectivity index is 2.30. The number of carboxylic acid groups (broad SMARTS) is 1. The van der Waals surface area contributed by atoms with Gasteiger partial charge in [0.25, 0.3) is 0 Å². The van der Waals surface area contributed by atoms with E-state index in [9.17, 15) is 25.1 Å². The van der Waals surface area contributed by atoms with Gasteiger partial charge in [-0.2, -0.15) is 0 Å². The van der Waals surface area contributed by atoms with Gasteiger partial charge in [-0.3, -0.25) is 15.0 Å². The fraction of sp³-hybridized carbons (Fsp3) is 0.462. The molecule has 1 aromatic carbocycles. The minimum Gasteiger partial charge on any atom is -0.465 e. The molecule has 1 heterocycles. The van der Waals surface area contributed by atoms with Crippen molar-refractivity contribution in [3.05, 3.63) is 45.0 Å². The minimum absolute atomic E-state index is 0.143. The third-order valence-electron chi connectivity index (χ3n) is 3.56. The highest BCUT2D eigenvalue weighted by molar-refractivity contribution is 5.66. The molecule has 20 heavy (non-hydrogen) atoms. The summed E-state index contributed by atoms with van der Waals surface area (Å²) < 4.78 is 0. The molecule has 0 saturated heterocycles. The van der Waals surface area contributed by atoms with E-state index in [4.69, 9.17) is 0 Å². The minimum atomic E-state index is -1.31. The SMILES string of the molecule is Cc1ccc2c(c1)CC([C@H](O)C[N+](=O)[O-])N(C(=O)O)C2. The standard InChI is InChI=1S/C13H16N2O5/c1-8-2-3-9-6-14(13(17)18)11(5-10(9)4-8)12(16)7-15(19)20/h2-4,11-12,16H,5-7H2,1H3,(H,17,18)/t11?,12-/m1/s1. The van der Waals surface area contributed by atoms with Crippen LogP contribution in [0, 0.1) is 17.0 Å². The van der Waals surface area contributed by atoms with Gasteiger partial charge in [-0.15, -0.1) is 0 Å². The molecule has 1 unspecified atom stereocenters. The molecule has 108 valence electrons. The number of benzene rings is 1. The molecule has 1 amide bonds. The highest BCUT2D eigenvalue weighted by atomic mass is 16.6. The van der Waals surface area contributed by atoms with Gasteiger partial charge in [-0.05, 0) is 24.5 Å². The monoisotopic (exact) mass is 280 g/mol. The highest BCUT2D eigenvalue weighted by Crippen LogP contribution is 2.26. The van der Waals surface area contributed by atoms with Crippen molar-refractivity contribution in [3.63, 3.8) is 0 Å². The summed E-state index contributed by atoms with van der Waals surface area (Å²) >= 11 is 0. The molecule has 7 heteroatoms. The molecule has 1 aromatic rings. The van der Waals surface area contributed by atoms with Crippen LogP contribution in [-0.2, 0) is 13.0 Å². The van der Waals surface area contributed by atoms with Crippen LogP contribution in [0.25, 0.3) is 0 Å². The van der Waals surface area contributed by atoms with E-state index in [1.807, 2.05) is 25.1 Å². The number of hydrogen-bond donors (Lipinski definition) is 2. The Labute approximate surface area is 115 Å². The summed E-state index contributed by atoms with van der Waals surface area (Å²) in [4.78, 5) is 22.2. The van der Waals surface area contributed by atoms with Gasteiger partial charge >= 0.3 is 6.09 Å². The lowest BCUT2D eigenvalue weighted by Gasteiger charge is -2.36. The number of aryl methyl sites for hydroxylation is 1. The first-order chi connectivity index (χ1) is 9.38. The molecule has 0 radical (unpaired) electrons. The molecule has 2 rings (SSSR count). The first-order valence-corrected chi connectivity index (χ1v) is 6.26.